The number of aromatic nitrogens is 1. The Labute approximate surface area is 205 Å². The Balaban J connectivity index is 1.74. The van der Waals surface area contributed by atoms with Crippen LogP contribution in [0.4, 0.5) is 13.2 Å². The highest BCUT2D eigenvalue weighted by atomic mass is 19.4. The van der Waals surface area contributed by atoms with Gasteiger partial charge in [-0.1, -0.05) is 55.1 Å². The van der Waals surface area contributed by atoms with Gasteiger partial charge in [-0.25, -0.2) is 4.79 Å². The van der Waals surface area contributed by atoms with Gasteiger partial charge in [0.25, 0.3) is 5.91 Å². The molecule has 4 rings (SSSR count). The van der Waals surface area contributed by atoms with Crippen LogP contribution in [0, 0.1) is 0 Å². The van der Waals surface area contributed by atoms with Crippen LogP contribution >= 0.6 is 0 Å². The first kappa shape index (κ1) is 24.8. The second-order valence-corrected chi connectivity index (χ2v) is 8.39. The summed E-state index contributed by atoms with van der Waals surface area (Å²) in [5.74, 6) is -1.48. The molecule has 0 radical (unpaired) electrons. The van der Waals surface area contributed by atoms with E-state index in [1.807, 2.05) is 12.1 Å². The Bertz CT molecular complexity index is 1450. The van der Waals surface area contributed by atoms with Gasteiger partial charge in [-0.05, 0) is 48.4 Å². The molecule has 4 aromatic rings. The first-order chi connectivity index (χ1) is 17.1. The van der Waals surface area contributed by atoms with Crippen LogP contribution < -0.4 is 5.32 Å². The molecular formula is C28H23F3N2O3. The number of carbonyl (C=O) groups excluding carboxylic acids is 1. The molecule has 0 saturated heterocycles. The molecule has 1 amide bonds. The zero-order chi connectivity index (χ0) is 26.0. The summed E-state index contributed by atoms with van der Waals surface area (Å²) >= 11 is 0. The van der Waals surface area contributed by atoms with Crippen LogP contribution in [0.15, 0.2) is 79.4 Å². The maximum atomic E-state index is 13.5. The molecule has 0 aliphatic rings. The average Bonchev–Trinajstić information content (AvgIpc) is 3.17. The van der Waals surface area contributed by atoms with Crippen molar-refractivity contribution in [1.82, 2.24) is 9.88 Å². The third-order valence-electron chi connectivity index (χ3n) is 6.03. The lowest BCUT2D eigenvalue weighted by atomic mass is 10.1. The molecule has 0 aliphatic carbocycles. The first-order valence-electron chi connectivity index (χ1n) is 11.1. The Hall–Kier alpha value is -4.33. The molecule has 3 aromatic carbocycles. The fraction of sp³-hybridized carbons (Fsp3) is 0.143. The highest BCUT2D eigenvalue weighted by Gasteiger charge is 2.30. The van der Waals surface area contributed by atoms with Crippen LogP contribution in [0.5, 0.6) is 0 Å². The molecule has 8 heteroatoms. The number of halogens is 3. The van der Waals surface area contributed by atoms with E-state index in [4.69, 9.17) is 5.11 Å². The zero-order valence-electron chi connectivity index (χ0n) is 19.3. The van der Waals surface area contributed by atoms with Crippen molar-refractivity contribution in [2.75, 3.05) is 0 Å². The van der Waals surface area contributed by atoms with Gasteiger partial charge in [0.2, 0.25) is 0 Å². The summed E-state index contributed by atoms with van der Waals surface area (Å²) < 4.78 is 41.5. The number of para-hydroxylation sites is 1. The number of hydrogen-bond donors (Lipinski definition) is 2. The number of nitrogens with zero attached hydrogens (tertiary/aromatic N) is 1. The number of benzene rings is 3. The lowest BCUT2D eigenvalue weighted by Gasteiger charge is -2.17. The molecule has 0 fully saturated rings. The quantitative estimate of drug-likeness (QED) is 0.308. The number of carboxylic acids is 1. The van der Waals surface area contributed by atoms with Crippen molar-refractivity contribution in [3.63, 3.8) is 0 Å². The van der Waals surface area contributed by atoms with Gasteiger partial charge in [0.05, 0.1) is 17.2 Å². The fourth-order valence-corrected chi connectivity index (χ4v) is 4.24. The number of hydrogen-bond acceptors (Lipinski definition) is 2. The summed E-state index contributed by atoms with van der Waals surface area (Å²) in [6.45, 7) is 5.67. The van der Waals surface area contributed by atoms with Crippen LogP contribution in [0.25, 0.3) is 17.0 Å². The van der Waals surface area contributed by atoms with Gasteiger partial charge in [0.15, 0.2) is 0 Å². The van der Waals surface area contributed by atoms with Crippen LogP contribution in [-0.2, 0) is 12.7 Å². The van der Waals surface area contributed by atoms with E-state index in [2.05, 4.69) is 11.9 Å². The topological polar surface area (TPSA) is 71.3 Å². The first-order valence-corrected chi connectivity index (χ1v) is 11.1. The van der Waals surface area contributed by atoms with E-state index in [0.29, 0.717) is 22.2 Å². The molecular weight excluding hydrogens is 469 g/mol. The van der Waals surface area contributed by atoms with Crippen molar-refractivity contribution in [1.29, 1.82) is 0 Å². The van der Waals surface area contributed by atoms with Crippen molar-refractivity contribution in [2.45, 2.75) is 25.7 Å². The normalized spacial score (nSPS) is 12.3. The van der Waals surface area contributed by atoms with E-state index >= 15 is 0 Å². The molecule has 184 valence electrons. The number of alkyl halides is 3. The minimum Gasteiger partial charge on any atom is -0.478 e. The minimum atomic E-state index is -4.48. The molecule has 0 bridgehead atoms. The Morgan fingerprint density at radius 3 is 2.39 bits per heavy atom. The van der Waals surface area contributed by atoms with E-state index in [9.17, 15) is 22.8 Å². The maximum Gasteiger partial charge on any atom is 0.416 e. The number of nitrogens with one attached hydrogen (secondary N) is 1. The predicted molar refractivity (Wildman–Crippen MR) is 132 cm³/mol. The van der Waals surface area contributed by atoms with Crippen LogP contribution in [0.3, 0.4) is 0 Å². The molecule has 5 nitrogen and oxygen atoms in total. The predicted octanol–water partition coefficient (Wildman–Crippen LogP) is 6.54. The molecule has 36 heavy (non-hydrogen) atoms. The van der Waals surface area contributed by atoms with Gasteiger partial charge in [-0.3, -0.25) is 4.79 Å². The molecule has 1 unspecified atom stereocenters. The van der Waals surface area contributed by atoms with Gasteiger partial charge in [0.1, 0.15) is 5.69 Å². The van der Waals surface area contributed by atoms with Crippen molar-refractivity contribution >= 4 is 28.9 Å². The second-order valence-electron chi connectivity index (χ2n) is 8.39. The molecule has 2 N–H and O–H groups in total. The number of carbonyl (C=O) groups is 2. The molecule has 0 saturated carbocycles. The van der Waals surface area contributed by atoms with E-state index in [-0.39, 0.29) is 17.8 Å². The molecule has 0 aliphatic heterocycles. The molecule has 1 aromatic heterocycles. The Kier molecular flexibility index (Phi) is 6.70. The van der Waals surface area contributed by atoms with Crippen molar-refractivity contribution in [3.8, 4) is 0 Å². The summed E-state index contributed by atoms with van der Waals surface area (Å²) in [7, 11) is 0. The van der Waals surface area contributed by atoms with Gasteiger partial charge in [0, 0.05) is 23.0 Å². The van der Waals surface area contributed by atoms with Crippen molar-refractivity contribution in [2.24, 2.45) is 0 Å². The number of carboxylic acid groups (broad SMARTS) is 1. The largest absolute Gasteiger partial charge is 0.478 e. The van der Waals surface area contributed by atoms with Crippen LogP contribution in [0.2, 0.25) is 0 Å². The maximum absolute atomic E-state index is 13.5. The SMILES string of the molecule is C=Cc1c(C(=O)NC(C)c2ccc(C(=O)O)cc2)n(Cc2cccc(C(F)(F)F)c2)c2ccccc12. The number of amides is 1. The Morgan fingerprint density at radius 1 is 1.06 bits per heavy atom. The van der Waals surface area contributed by atoms with Gasteiger partial charge >= 0.3 is 12.1 Å². The summed E-state index contributed by atoms with van der Waals surface area (Å²) in [6.07, 6.45) is -2.92. The number of rotatable bonds is 7. The van der Waals surface area contributed by atoms with Crippen molar-refractivity contribution in [3.05, 3.63) is 113 Å². The average molecular weight is 492 g/mol. The summed E-state index contributed by atoms with van der Waals surface area (Å²) in [6, 6.07) is 18.0. The summed E-state index contributed by atoms with van der Waals surface area (Å²) in [4.78, 5) is 24.7. The third kappa shape index (κ3) is 4.88. The van der Waals surface area contributed by atoms with Crippen LogP contribution in [0.1, 0.15) is 56.1 Å². The molecule has 1 atom stereocenters. The summed E-state index contributed by atoms with van der Waals surface area (Å²) in [5, 5.41) is 12.8. The number of fused-ring (bicyclic) bond motifs is 1. The summed E-state index contributed by atoms with van der Waals surface area (Å²) in [5.41, 5.74) is 2.01. The number of aromatic carboxylic acids is 1. The van der Waals surface area contributed by atoms with Gasteiger partial charge < -0.3 is 15.0 Å². The van der Waals surface area contributed by atoms with E-state index in [1.165, 1.54) is 18.2 Å². The van der Waals surface area contributed by atoms with Crippen LogP contribution in [-0.4, -0.2) is 21.6 Å². The lowest BCUT2D eigenvalue weighted by molar-refractivity contribution is -0.137. The highest BCUT2D eigenvalue weighted by Crippen LogP contribution is 2.32. The van der Waals surface area contributed by atoms with Crippen molar-refractivity contribution < 1.29 is 27.9 Å². The molecule has 0 spiro atoms. The standard InChI is InChI=1S/C28H23F3N2O3/c1-3-22-23-9-4-5-10-24(23)33(16-18-7-6-8-21(15-18)28(29,30)31)25(22)26(34)32-17(2)19-11-13-20(14-12-19)27(35)36/h3-15,17H,1,16H2,2H3,(H,32,34)(H,35,36). The Morgan fingerprint density at radius 2 is 1.75 bits per heavy atom. The minimum absolute atomic E-state index is 0.0444. The third-order valence-corrected chi connectivity index (χ3v) is 6.03. The fourth-order valence-electron chi connectivity index (χ4n) is 4.24. The van der Waals surface area contributed by atoms with E-state index < -0.39 is 29.7 Å². The molecule has 1 heterocycles. The zero-order valence-corrected chi connectivity index (χ0v) is 19.3. The monoisotopic (exact) mass is 492 g/mol. The second kappa shape index (κ2) is 9.73. The van der Waals surface area contributed by atoms with Gasteiger partial charge in [-0.2, -0.15) is 13.2 Å². The van der Waals surface area contributed by atoms with E-state index in [1.54, 1.807) is 47.9 Å². The smallest absolute Gasteiger partial charge is 0.416 e. The van der Waals surface area contributed by atoms with Gasteiger partial charge in [-0.15, -0.1) is 0 Å². The lowest BCUT2D eigenvalue weighted by Crippen LogP contribution is -2.29. The highest BCUT2D eigenvalue weighted by molar-refractivity contribution is 6.05. The van der Waals surface area contributed by atoms with E-state index in [0.717, 1.165) is 17.5 Å².